The molecule has 3 N–H and O–H groups in total. The summed E-state index contributed by atoms with van der Waals surface area (Å²) < 4.78 is 5.00. The van der Waals surface area contributed by atoms with E-state index in [0.29, 0.717) is 4.90 Å². The average Bonchev–Trinajstić information content (AvgIpc) is 2.99. The zero-order valence-electron chi connectivity index (χ0n) is 14.7. The van der Waals surface area contributed by atoms with Crippen molar-refractivity contribution in [2.45, 2.75) is 29.3 Å². The number of esters is 1. The molecule has 0 aliphatic carbocycles. The van der Waals surface area contributed by atoms with Crippen molar-refractivity contribution >= 4 is 34.3 Å². The summed E-state index contributed by atoms with van der Waals surface area (Å²) in [6.45, 7) is 1.99. The Kier molecular flexibility index (Phi) is 5.78. The van der Waals surface area contributed by atoms with Gasteiger partial charge in [-0.15, -0.1) is 0 Å². The maximum atomic E-state index is 12.0. The molecular formula is C19H19N3O4S. The molecule has 8 heteroatoms. The fraction of sp³-hybridized carbons (Fsp3) is 0.211. The van der Waals surface area contributed by atoms with Crippen LogP contribution in [0.2, 0.25) is 0 Å². The molecule has 0 radical (unpaired) electrons. The summed E-state index contributed by atoms with van der Waals surface area (Å²) in [5.41, 5.74) is 7.77. The number of ether oxygens (including phenoxy) is 1. The van der Waals surface area contributed by atoms with E-state index in [9.17, 15) is 14.9 Å². The highest BCUT2D eigenvalue weighted by molar-refractivity contribution is 7.99. The van der Waals surface area contributed by atoms with Crippen LogP contribution < -0.4 is 5.73 Å². The summed E-state index contributed by atoms with van der Waals surface area (Å²) in [5.74, 6) is -0.468. The predicted octanol–water partition coefficient (Wildman–Crippen LogP) is 3.66. The summed E-state index contributed by atoms with van der Waals surface area (Å²) in [5, 5.41) is 13.0. The van der Waals surface area contributed by atoms with E-state index in [1.54, 1.807) is 25.1 Å². The molecule has 7 nitrogen and oxygen atoms in total. The number of hydrogen-bond donors (Lipinski definition) is 2. The van der Waals surface area contributed by atoms with Gasteiger partial charge in [0.2, 0.25) is 0 Å². The summed E-state index contributed by atoms with van der Waals surface area (Å²) >= 11 is 1.26. The highest BCUT2D eigenvalue weighted by Gasteiger charge is 2.22. The fourth-order valence-corrected chi connectivity index (χ4v) is 3.91. The van der Waals surface area contributed by atoms with Gasteiger partial charge >= 0.3 is 5.97 Å². The van der Waals surface area contributed by atoms with Crippen molar-refractivity contribution in [3.63, 3.8) is 0 Å². The fourth-order valence-electron chi connectivity index (χ4n) is 2.82. The Balaban J connectivity index is 2.00. The maximum absolute atomic E-state index is 12.0. The Morgan fingerprint density at radius 3 is 2.70 bits per heavy atom. The number of benzene rings is 2. The van der Waals surface area contributed by atoms with E-state index in [2.05, 4.69) is 4.98 Å². The molecule has 0 unspecified atom stereocenters. The Labute approximate surface area is 160 Å². The molecule has 0 saturated carbocycles. The molecule has 0 fully saturated rings. The Morgan fingerprint density at radius 1 is 1.26 bits per heavy atom. The number of nitrogens with one attached hydrogen (secondary N) is 1. The van der Waals surface area contributed by atoms with Crippen LogP contribution in [0.25, 0.3) is 10.9 Å². The van der Waals surface area contributed by atoms with Gasteiger partial charge in [-0.1, -0.05) is 42.1 Å². The average molecular weight is 385 g/mol. The van der Waals surface area contributed by atoms with Crippen LogP contribution in [-0.2, 0) is 16.0 Å². The Morgan fingerprint density at radius 2 is 1.96 bits per heavy atom. The van der Waals surface area contributed by atoms with Crippen molar-refractivity contribution in [2.24, 2.45) is 5.73 Å². The lowest BCUT2D eigenvalue weighted by Crippen LogP contribution is -2.34. The molecule has 27 heavy (non-hydrogen) atoms. The van der Waals surface area contributed by atoms with Gasteiger partial charge in [0.05, 0.1) is 21.5 Å². The molecule has 0 bridgehead atoms. The van der Waals surface area contributed by atoms with Gasteiger partial charge in [-0.05, 0) is 24.6 Å². The molecule has 3 aromatic rings. The van der Waals surface area contributed by atoms with Gasteiger partial charge in [0.1, 0.15) is 6.04 Å². The normalized spacial score (nSPS) is 12.1. The first-order valence-corrected chi connectivity index (χ1v) is 9.26. The minimum Gasteiger partial charge on any atom is -0.465 e. The van der Waals surface area contributed by atoms with Crippen molar-refractivity contribution in [1.29, 1.82) is 0 Å². The lowest BCUT2D eigenvalue weighted by atomic mass is 10.1. The first-order chi connectivity index (χ1) is 13.0. The number of H-pyrrole nitrogens is 1. The second kappa shape index (κ2) is 8.24. The van der Waals surface area contributed by atoms with Crippen molar-refractivity contribution in [3.05, 3.63) is 64.2 Å². The van der Waals surface area contributed by atoms with Crippen LogP contribution in [-0.4, -0.2) is 28.5 Å². The van der Waals surface area contributed by atoms with Gasteiger partial charge in [-0.3, -0.25) is 14.9 Å². The molecular weight excluding hydrogens is 366 g/mol. The molecule has 3 rings (SSSR count). The number of aromatic nitrogens is 1. The van der Waals surface area contributed by atoms with E-state index in [1.165, 1.54) is 17.8 Å². The van der Waals surface area contributed by atoms with Crippen molar-refractivity contribution < 1.29 is 14.5 Å². The van der Waals surface area contributed by atoms with E-state index >= 15 is 0 Å². The van der Waals surface area contributed by atoms with Gasteiger partial charge in [0, 0.05) is 23.4 Å². The number of nitro benzene ring substituents is 1. The largest absolute Gasteiger partial charge is 0.465 e. The number of aromatic amines is 1. The molecule has 1 aromatic heterocycles. The van der Waals surface area contributed by atoms with Crippen molar-refractivity contribution in [2.75, 3.05) is 6.61 Å². The van der Waals surface area contributed by atoms with Crippen LogP contribution in [0, 0.1) is 10.1 Å². The second-order valence-electron chi connectivity index (χ2n) is 5.87. The van der Waals surface area contributed by atoms with E-state index in [0.717, 1.165) is 21.5 Å². The quantitative estimate of drug-likeness (QED) is 0.365. The summed E-state index contributed by atoms with van der Waals surface area (Å²) in [6.07, 6.45) is 0.270. The van der Waals surface area contributed by atoms with Crippen LogP contribution in [0.15, 0.2) is 58.5 Å². The number of carbonyl (C=O) groups excluding carboxylic acids is 1. The SMILES string of the molecule is CCOC(=O)[C@@H](N)Cc1c(Sc2ccccc2[N+](=O)[O-])[nH]c2ccccc12. The molecule has 1 heterocycles. The predicted molar refractivity (Wildman–Crippen MR) is 104 cm³/mol. The lowest BCUT2D eigenvalue weighted by Gasteiger charge is -2.11. The minimum absolute atomic E-state index is 0.0294. The van der Waals surface area contributed by atoms with Gasteiger partial charge in [-0.25, -0.2) is 0 Å². The molecule has 2 aromatic carbocycles. The number of nitro groups is 1. The highest BCUT2D eigenvalue weighted by atomic mass is 32.2. The first kappa shape index (κ1) is 18.9. The van der Waals surface area contributed by atoms with E-state index in [4.69, 9.17) is 10.5 Å². The number of carbonyl (C=O) groups is 1. The van der Waals surface area contributed by atoms with Crippen LogP contribution in [0.5, 0.6) is 0 Å². The van der Waals surface area contributed by atoms with Crippen molar-refractivity contribution in [3.8, 4) is 0 Å². The standard InChI is InChI=1S/C19H19N3O4S/c1-2-26-19(23)14(20)11-13-12-7-3-4-8-15(12)21-18(13)27-17-10-6-5-9-16(17)22(24)25/h3-10,14,21H,2,11,20H2,1H3/t14-/m0/s1. The third kappa shape index (κ3) is 4.12. The molecule has 0 aliphatic rings. The number of hydrogen-bond acceptors (Lipinski definition) is 6. The van der Waals surface area contributed by atoms with E-state index < -0.39 is 16.9 Å². The number of nitrogens with zero attached hydrogens (tertiary/aromatic N) is 1. The monoisotopic (exact) mass is 385 g/mol. The van der Waals surface area contributed by atoms with Gasteiger partial charge in [-0.2, -0.15) is 0 Å². The Bertz CT molecular complexity index is 986. The minimum atomic E-state index is -0.811. The number of para-hydroxylation sites is 2. The molecule has 0 spiro atoms. The summed E-state index contributed by atoms with van der Waals surface area (Å²) in [6, 6.07) is 13.4. The van der Waals surface area contributed by atoms with Gasteiger partial charge < -0.3 is 15.5 Å². The number of nitrogens with two attached hydrogens (primary N) is 1. The lowest BCUT2D eigenvalue weighted by molar-refractivity contribution is -0.387. The zero-order valence-corrected chi connectivity index (χ0v) is 15.5. The first-order valence-electron chi connectivity index (χ1n) is 8.44. The van der Waals surface area contributed by atoms with Gasteiger partial charge in [0.15, 0.2) is 0 Å². The summed E-state index contributed by atoms with van der Waals surface area (Å²) in [7, 11) is 0. The Hall–Kier alpha value is -2.84. The van der Waals surface area contributed by atoms with Crippen molar-refractivity contribution in [1.82, 2.24) is 4.98 Å². The third-order valence-electron chi connectivity index (χ3n) is 4.06. The highest BCUT2D eigenvalue weighted by Crippen LogP contribution is 2.38. The third-order valence-corrected chi connectivity index (χ3v) is 5.18. The number of fused-ring (bicyclic) bond motifs is 1. The second-order valence-corrected chi connectivity index (χ2v) is 6.92. The number of rotatable bonds is 7. The van der Waals surface area contributed by atoms with Crippen LogP contribution in [0.4, 0.5) is 5.69 Å². The smallest absolute Gasteiger partial charge is 0.323 e. The molecule has 0 aliphatic heterocycles. The maximum Gasteiger partial charge on any atom is 0.323 e. The topological polar surface area (TPSA) is 111 Å². The van der Waals surface area contributed by atoms with Crippen LogP contribution in [0.3, 0.4) is 0 Å². The molecule has 0 saturated heterocycles. The molecule has 0 amide bonds. The van der Waals surface area contributed by atoms with Crippen LogP contribution >= 0.6 is 11.8 Å². The van der Waals surface area contributed by atoms with Crippen LogP contribution in [0.1, 0.15) is 12.5 Å². The molecule has 1 atom stereocenters. The zero-order chi connectivity index (χ0) is 19.4. The summed E-state index contributed by atoms with van der Waals surface area (Å²) in [4.78, 5) is 26.7. The van der Waals surface area contributed by atoms with Gasteiger partial charge in [0.25, 0.3) is 5.69 Å². The van der Waals surface area contributed by atoms with E-state index in [-0.39, 0.29) is 18.7 Å². The molecule has 140 valence electrons. The van der Waals surface area contributed by atoms with E-state index in [1.807, 2.05) is 24.3 Å².